The van der Waals surface area contributed by atoms with Crippen LogP contribution in [0.15, 0.2) is 51.4 Å². The number of carbonyl (C=O) groups is 1. The number of rotatable bonds is 10. The third kappa shape index (κ3) is 5.40. The first-order chi connectivity index (χ1) is 19.7. The zero-order valence-corrected chi connectivity index (χ0v) is 24.2. The van der Waals surface area contributed by atoms with Gasteiger partial charge in [0.2, 0.25) is 0 Å². The van der Waals surface area contributed by atoms with Crippen molar-refractivity contribution < 1.29 is 33.4 Å². The number of aromatic nitrogens is 1. The van der Waals surface area contributed by atoms with Crippen LogP contribution in [0.2, 0.25) is 0 Å². The van der Waals surface area contributed by atoms with E-state index in [9.17, 15) is 19.7 Å². The fraction of sp³-hybridized carbons (Fsp3) is 0.321. The molecule has 3 aromatic rings. The van der Waals surface area contributed by atoms with Gasteiger partial charge in [0.1, 0.15) is 6.04 Å². The van der Waals surface area contributed by atoms with Gasteiger partial charge in [-0.3, -0.25) is 19.5 Å². The molecule has 0 radical (unpaired) electrons. The lowest BCUT2D eigenvalue weighted by Gasteiger charge is -2.26. The molecule has 41 heavy (non-hydrogen) atoms. The normalized spacial score (nSPS) is 14.7. The second-order valence-electron chi connectivity index (χ2n) is 8.64. The molecule has 216 valence electrons. The van der Waals surface area contributed by atoms with Crippen molar-refractivity contribution in [2.24, 2.45) is 4.99 Å². The molecular weight excluding hydrogens is 554 g/mol. The number of thiazole rings is 1. The second kappa shape index (κ2) is 12.3. The minimum Gasteiger partial charge on any atom is -0.493 e. The molecule has 2 aromatic carbocycles. The van der Waals surface area contributed by atoms with Crippen molar-refractivity contribution in [2.45, 2.75) is 26.8 Å². The van der Waals surface area contributed by atoms with Crippen LogP contribution in [0.25, 0.3) is 6.08 Å². The maximum atomic E-state index is 14.0. The summed E-state index contributed by atoms with van der Waals surface area (Å²) in [7, 11) is 4.28. The van der Waals surface area contributed by atoms with E-state index in [2.05, 4.69) is 4.99 Å². The molecule has 1 atom stereocenters. The van der Waals surface area contributed by atoms with Crippen molar-refractivity contribution in [3.8, 4) is 23.0 Å². The molecule has 12 nitrogen and oxygen atoms in total. The molecule has 0 amide bonds. The molecule has 0 unspecified atom stereocenters. The summed E-state index contributed by atoms with van der Waals surface area (Å²) in [5.74, 6) is 0.588. The molecule has 13 heteroatoms. The lowest BCUT2D eigenvalue weighted by Crippen LogP contribution is -2.40. The van der Waals surface area contributed by atoms with Crippen LogP contribution in [0.5, 0.6) is 23.0 Å². The van der Waals surface area contributed by atoms with Crippen LogP contribution >= 0.6 is 11.3 Å². The number of nitrogens with zero attached hydrogens (tertiary/aromatic N) is 3. The first-order valence-corrected chi connectivity index (χ1v) is 13.4. The highest BCUT2D eigenvalue weighted by Crippen LogP contribution is 2.41. The Kier molecular flexibility index (Phi) is 8.77. The van der Waals surface area contributed by atoms with E-state index < -0.39 is 22.5 Å². The van der Waals surface area contributed by atoms with Gasteiger partial charge in [-0.25, -0.2) is 9.79 Å². The lowest BCUT2D eigenvalue weighted by molar-refractivity contribution is -0.385. The lowest BCUT2D eigenvalue weighted by atomic mass is 9.94. The monoisotopic (exact) mass is 583 g/mol. The Morgan fingerprint density at radius 1 is 1.10 bits per heavy atom. The summed E-state index contributed by atoms with van der Waals surface area (Å²) in [6, 6.07) is 6.89. The number of carbonyl (C=O) groups excluding carboxylic acids is 1. The van der Waals surface area contributed by atoms with Crippen LogP contribution in [-0.2, 0) is 9.53 Å². The first kappa shape index (κ1) is 29.3. The zero-order valence-electron chi connectivity index (χ0n) is 23.4. The van der Waals surface area contributed by atoms with E-state index in [4.69, 9.17) is 23.7 Å². The van der Waals surface area contributed by atoms with Crippen molar-refractivity contribution >= 4 is 29.1 Å². The van der Waals surface area contributed by atoms with Gasteiger partial charge in [0.15, 0.2) is 27.8 Å². The van der Waals surface area contributed by atoms with Gasteiger partial charge in [-0.15, -0.1) is 0 Å². The standard InChI is InChI=1S/C28H29N3O9S/c1-7-39-25-17(10-9-11-19(25)36-4)24-23(27(33)40-8-2)15(3)29-28-30(24)26(32)22(41-28)13-16-12-20(37-5)21(38-6)14-18(16)31(34)35/h9-14,24H,7-8H2,1-6H3/b22-13+/t24-/m0/s1. The highest BCUT2D eigenvalue weighted by Gasteiger charge is 2.36. The molecule has 0 fully saturated rings. The number of nitro groups is 1. The Labute approximate surface area is 238 Å². The van der Waals surface area contributed by atoms with Gasteiger partial charge in [0.05, 0.1) is 66.9 Å². The van der Waals surface area contributed by atoms with E-state index in [1.54, 1.807) is 32.0 Å². The summed E-state index contributed by atoms with van der Waals surface area (Å²) in [5.41, 5.74) is 0.364. The minimum atomic E-state index is -0.968. The molecule has 1 aromatic heterocycles. The van der Waals surface area contributed by atoms with Crippen molar-refractivity contribution in [2.75, 3.05) is 34.5 Å². The Morgan fingerprint density at radius 2 is 1.78 bits per heavy atom. The van der Waals surface area contributed by atoms with Gasteiger partial charge in [-0.1, -0.05) is 23.5 Å². The van der Waals surface area contributed by atoms with Gasteiger partial charge >= 0.3 is 5.97 Å². The summed E-state index contributed by atoms with van der Waals surface area (Å²) < 4.78 is 28.9. The number of methoxy groups -OCH3 is 3. The van der Waals surface area contributed by atoms with Gasteiger partial charge in [-0.2, -0.15) is 0 Å². The van der Waals surface area contributed by atoms with Crippen molar-refractivity contribution in [3.63, 3.8) is 0 Å². The third-order valence-electron chi connectivity index (χ3n) is 6.35. The predicted octanol–water partition coefficient (Wildman–Crippen LogP) is 3.13. The molecule has 2 heterocycles. The van der Waals surface area contributed by atoms with Crippen LogP contribution in [0, 0.1) is 10.1 Å². The molecule has 0 aliphatic carbocycles. The number of esters is 1. The number of hydrogen-bond donors (Lipinski definition) is 0. The van der Waals surface area contributed by atoms with Crippen LogP contribution in [0.1, 0.15) is 37.9 Å². The molecule has 1 aliphatic heterocycles. The molecule has 0 bridgehead atoms. The number of allylic oxidation sites excluding steroid dienone is 1. The second-order valence-corrected chi connectivity index (χ2v) is 9.65. The number of fused-ring (bicyclic) bond motifs is 1. The number of hydrogen-bond acceptors (Lipinski definition) is 11. The highest BCUT2D eigenvalue weighted by atomic mass is 32.1. The summed E-state index contributed by atoms with van der Waals surface area (Å²) >= 11 is 1.03. The minimum absolute atomic E-state index is 0.117. The van der Waals surface area contributed by atoms with Gasteiger partial charge in [0, 0.05) is 5.56 Å². The maximum Gasteiger partial charge on any atom is 0.338 e. The van der Waals surface area contributed by atoms with E-state index in [0.29, 0.717) is 34.2 Å². The SMILES string of the molecule is CCOC(=O)C1=C(C)N=c2s/c(=C/c3cc(OC)c(OC)cc3[N+](=O)[O-])c(=O)n2[C@H]1c1cccc(OC)c1OCC. The highest BCUT2D eigenvalue weighted by molar-refractivity contribution is 7.07. The van der Waals surface area contributed by atoms with E-state index >= 15 is 0 Å². The van der Waals surface area contributed by atoms with Gasteiger partial charge in [0.25, 0.3) is 11.2 Å². The van der Waals surface area contributed by atoms with Crippen LogP contribution in [0.3, 0.4) is 0 Å². The van der Waals surface area contributed by atoms with E-state index in [1.807, 2.05) is 6.92 Å². The van der Waals surface area contributed by atoms with Crippen molar-refractivity contribution in [1.29, 1.82) is 0 Å². The number of para-hydroxylation sites is 1. The van der Waals surface area contributed by atoms with Gasteiger partial charge < -0.3 is 23.7 Å². The van der Waals surface area contributed by atoms with E-state index in [1.165, 1.54) is 44.1 Å². The van der Waals surface area contributed by atoms with E-state index in [-0.39, 0.29) is 39.5 Å². The largest absolute Gasteiger partial charge is 0.493 e. The fourth-order valence-corrected chi connectivity index (χ4v) is 5.63. The summed E-state index contributed by atoms with van der Waals surface area (Å²) in [6.07, 6.45) is 1.40. The fourth-order valence-electron chi connectivity index (χ4n) is 4.59. The topological polar surface area (TPSA) is 141 Å². The predicted molar refractivity (Wildman–Crippen MR) is 151 cm³/mol. The average molecular weight is 584 g/mol. The summed E-state index contributed by atoms with van der Waals surface area (Å²) in [4.78, 5) is 43.4. The maximum absolute atomic E-state index is 14.0. The van der Waals surface area contributed by atoms with Crippen LogP contribution in [-0.4, -0.2) is 50.0 Å². The molecule has 0 saturated carbocycles. The number of ether oxygens (including phenoxy) is 5. The molecule has 0 saturated heterocycles. The van der Waals surface area contributed by atoms with Crippen molar-refractivity contribution in [1.82, 2.24) is 4.57 Å². The molecule has 4 rings (SSSR count). The van der Waals surface area contributed by atoms with Crippen molar-refractivity contribution in [3.05, 3.63) is 82.5 Å². The molecule has 0 N–H and O–H groups in total. The first-order valence-electron chi connectivity index (χ1n) is 12.6. The Morgan fingerprint density at radius 3 is 2.39 bits per heavy atom. The Hall–Kier alpha value is -4.65. The quantitative estimate of drug-likeness (QED) is 0.200. The average Bonchev–Trinajstić information content (AvgIpc) is 3.26. The third-order valence-corrected chi connectivity index (χ3v) is 7.33. The summed E-state index contributed by atoms with van der Waals surface area (Å²) in [6.45, 7) is 5.58. The van der Waals surface area contributed by atoms with E-state index in [0.717, 1.165) is 11.3 Å². The summed E-state index contributed by atoms with van der Waals surface area (Å²) in [5, 5.41) is 11.9. The van der Waals surface area contributed by atoms with Gasteiger partial charge in [-0.05, 0) is 39.0 Å². The number of benzene rings is 2. The number of nitro benzene ring substituents is 1. The Bertz CT molecular complexity index is 1720. The Balaban J connectivity index is 2.05. The zero-order chi connectivity index (χ0) is 29.8. The molecule has 0 spiro atoms. The smallest absolute Gasteiger partial charge is 0.338 e. The molecule has 1 aliphatic rings. The van der Waals surface area contributed by atoms with Crippen LogP contribution in [0.4, 0.5) is 5.69 Å². The van der Waals surface area contributed by atoms with Crippen LogP contribution < -0.4 is 33.8 Å². The molecular formula is C28H29N3O9S.